The summed E-state index contributed by atoms with van der Waals surface area (Å²) in [6.45, 7) is 6.02. The number of aliphatic hydroxyl groups is 1. The Labute approximate surface area is 206 Å². The minimum Gasteiger partial charge on any atom is -0.492 e. The number of ether oxygens (including phenoxy) is 1. The lowest BCUT2D eigenvalue weighted by atomic mass is 9.94. The van der Waals surface area contributed by atoms with Gasteiger partial charge in [-0.2, -0.15) is 0 Å². The number of thiazole rings is 1. The molecule has 34 heavy (non-hydrogen) atoms. The van der Waals surface area contributed by atoms with Gasteiger partial charge in [-0.25, -0.2) is 4.98 Å². The van der Waals surface area contributed by atoms with E-state index < -0.39 is 0 Å². The number of piperidine rings is 1. The number of hydrogen-bond acceptors (Lipinski definition) is 6. The van der Waals surface area contributed by atoms with Crippen molar-refractivity contribution in [3.05, 3.63) is 59.1 Å². The first kappa shape index (κ1) is 24.6. The minimum absolute atomic E-state index is 0.0796. The lowest BCUT2D eigenvalue weighted by Gasteiger charge is -2.30. The van der Waals surface area contributed by atoms with E-state index >= 15 is 0 Å². The zero-order valence-corrected chi connectivity index (χ0v) is 20.7. The maximum Gasteiger partial charge on any atom is 0.230 e. The Morgan fingerprint density at radius 2 is 2.18 bits per heavy atom. The fraction of sp³-hybridized carbons (Fsp3) is 0.481. The molecule has 182 valence electrons. The summed E-state index contributed by atoms with van der Waals surface area (Å²) in [5.74, 6) is 1.77. The van der Waals surface area contributed by atoms with E-state index in [0.717, 1.165) is 67.9 Å². The summed E-state index contributed by atoms with van der Waals surface area (Å²) >= 11 is 1.46. The smallest absolute Gasteiger partial charge is 0.230 e. The number of anilines is 1. The van der Waals surface area contributed by atoms with Crippen molar-refractivity contribution in [1.29, 1.82) is 0 Å². The molecule has 1 aromatic carbocycles. The van der Waals surface area contributed by atoms with Crippen LogP contribution in [-0.4, -0.2) is 53.7 Å². The zero-order valence-electron chi connectivity index (χ0n) is 19.9. The van der Waals surface area contributed by atoms with Gasteiger partial charge in [-0.3, -0.25) is 9.69 Å². The van der Waals surface area contributed by atoms with Crippen LogP contribution in [0.3, 0.4) is 0 Å². The Bertz CT molecular complexity index is 1010. The van der Waals surface area contributed by atoms with Gasteiger partial charge in [-0.1, -0.05) is 37.3 Å². The Kier molecular flexibility index (Phi) is 8.91. The lowest BCUT2D eigenvalue weighted by molar-refractivity contribution is -0.115. The topological polar surface area (TPSA) is 74.7 Å². The number of allylic oxidation sites excluding steroid dienone is 4. The van der Waals surface area contributed by atoms with Crippen molar-refractivity contribution in [1.82, 2.24) is 9.88 Å². The number of benzene rings is 1. The van der Waals surface area contributed by atoms with Crippen LogP contribution in [0.2, 0.25) is 0 Å². The van der Waals surface area contributed by atoms with Crippen LogP contribution in [0.15, 0.2) is 47.9 Å². The van der Waals surface area contributed by atoms with Crippen molar-refractivity contribution in [2.45, 2.75) is 39.0 Å². The molecule has 0 saturated carbocycles. The van der Waals surface area contributed by atoms with E-state index in [1.807, 2.05) is 29.6 Å². The molecular formula is C27H35N3O3S. The number of hydrogen-bond donors (Lipinski definition) is 2. The van der Waals surface area contributed by atoms with Crippen molar-refractivity contribution in [2.24, 2.45) is 11.8 Å². The molecule has 6 nitrogen and oxygen atoms in total. The first-order chi connectivity index (χ1) is 16.6. The van der Waals surface area contributed by atoms with Gasteiger partial charge in [0.15, 0.2) is 5.13 Å². The summed E-state index contributed by atoms with van der Waals surface area (Å²) in [7, 11) is 0. The highest BCUT2D eigenvalue weighted by Crippen LogP contribution is 2.28. The summed E-state index contributed by atoms with van der Waals surface area (Å²) in [5, 5.41) is 14.8. The van der Waals surface area contributed by atoms with Gasteiger partial charge in [-0.15, -0.1) is 11.3 Å². The molecule has 2 heterocycles. The first-order valence-electron chi connectivity index (χ1n) is 12.3. The van der Waals surface area contributed by atoms with Gasteiger partial charge in [0, 0.05) is 18.5 Å². The standard InChI is InChI=1S/C27H35N3O3S/c1-2-20-6-8-23(9-7-20)25-19-34-27(28-25)29-26(32)17-22-4-3-5-24(16-22)33-15-14-30-12-10-21(18-31)11-13-30/h3-6,8-9,16,19-21,31H,2,7,10-15,17-18H2,1H3,(H,28,29,32). The number of nitrogens with one attached hydrogen (secondary N) is 1. The summed E-state index contributed by atoms with van der Waals surface area (Å²) in [5.41, 5.74) is 2.96. The molecular weight excluding hydrogens is 446 g/mol. The Morgan fingerprint density at radius 1 is 1.32 bits per heavy atom. The number of amides is 1. The van der Waals surface area contributed by atoms with Crippen LogP contribution in [0.4, 0.5) is 5.13 Å². The number of likely N-dealkylation sites (tertiary alicyclic amines) is 1. The Hall–Kier alpha value is -2.48. The van der Waals surface area contributed by atoms with Gasteiger partial charge in [-0.05, 0) is 73.9 Å². The van der Waals surface area contributed by atoms with Crippen LogP contribution in [-0.2, 0) is 11.2 Å². The maximum absolute atomic E-state index is 12.6. The van der Waals surface area contributed by atoms with Crippen LogP contribution < -0.4 is 10.1 Å². The van der Waals surface area contributed by atoms with E-state index in [1.165, 1.54) is 11.3 Å². The van der Waals surface area contributed by atoms with Crippen molar-refractivity contribution in [3.63, 3.8) is 0 Å². The molecule has 1 aliphatic heterocycles. The fourth-order valence-corrected chi connectivity index (χ4v) is 5.14. The summed E-state index contributed by atoms with van der Waals surface area (Å²) < 4.78 is 5.94. The molecule has 1 saturated heterocycles. The summed E-state index contributed by atoms with van der Waals surface area (Å²) in [6, 6.07) is 7.74. The van der Waals surface area contributed by atoms with E-state index in [2.05, 4.69) is 40.4 Å². The van der Waals surface area contributed by atoms with Gasteiger partial charge < -0.3 is 15.2 Å². The van der Waals surface area contributed by atoms with Gasteiger partial charge in [0.05, 0.1) is 12.1 Å². The molecule has 7 heteroatoms. The Morgan fingerprint density at radius 3 is 2.91 bits per heavy atom. The fourth-order valence-electron chi connectivity index (χ4n) is 4.40. The van der Waals surface area contributed by atoms with Crippen LogP contribution in [0.1, 0.15) is 43.9 Å². The number of carbonyl (C=O) groups is 1. The predicted molar refractivity (Wildman–Crippen MR) is 138 cm³/mol. The SMILES string of the molecule is CCC1C=CC(c2csc(NC(=O)Cc3cccc(OCCN4CCC(CO)CC4)c3)n2)=CC1. The molecule has 2 aromatic rings. The molecule has 1 aliphatic carbocycles. The second-order valence-electron chi connectivity index (χ2n) is 9.15. The number of rotatable bonds is 10. The molecule has 2 aliphatic rings. The third-order valence-electron chi connectivity index (χ3n) is 6.66. The van der Waals surface area contributed by atoms with Gasteiger partial charge in [0.1, 0.15) is 12.4 Å². The van der Waals surface area contributed by atoms with Gasteiger partial charge in [0.25, 0.3) is 0 Å². The van der Waals surface area contributed by atoms with Crippen LogP contribution in [0, 0.1) is 11.8 Å². The summed E-state index contributed by atoms with van der Waals surface area (Å²) in [4.78, 5) is 19.6. The third kappa shape index (κ3) is 7.01. The molecule has 1 unspecified atom stereocenters. The number of carbonyl (C=O) groups excluding carboxylic acids is 1. The minimum atomic E-state index is -0.0796. The molecule has 0 bridgehead atoms. The van der Waals surface area contributed by atoms with E-state index in [4.69, 9.17) is 4.74 Å². The maximum atomic E-state index is 12.6. The van der Waals surface area contributed by atoms with Crippen molar-refractivity contribution in [3.8, 4) is 5.75 Å². The van der Waals surface area contributed by atoms with Gasteiger partial charge >= 0.3 is 0 Å². The Balaban J connectivity index is 1.22. The highest BCUT2D eigenvalue weighted by atomic mass is 32.1. The second-order valence-corrected chi connectivity index (χ2v) is 10.0. The zero-order chi connectivity index (χ0) is 23.8. The molecule has 1 fully saturated rings. The lowest BCUT2D eigenvalue weighted by Crippen LogP contribution is -2.37. The predicted octanol–water partition coefficient (Wildman–Crippen LogP) is 4.78. The largest absolute Gasteiger partial charge is 0.492 e. The molecule has 0 spiro atoms. The monoisotopic (exact) mass is 481 g/mol. The number of nitrogens with zero attached hydrogens (tertiary/aromatic N) is 2. The third-order valence-corrected chi connectivity index (χ3v) is 7.42. The molecule has 1 aromatic heterocycles. The van der Waals surface area contributed by atoms with Crippen molar-refractivity contribution < 1.29 is 14.6 Å². The average molecular weight is 482 g/mol. The second kappa shape index (κ2) is 12.3. The van der Waals surface area contributed by atoms with E-state index in [0.29, 0.717) is 30.2 Å². The van der Waals surface area contributed by atoms with Gasteiger partial charge in [0.2, 0.25) is 5.91 Å². The van der Waals surface area contributed by atoms with Crippen molar-refractivity contribution >= 4 is 27.9 Å². The quantitative estimate of drug-likeness (QED) is 0.511. The average Bonchev–Trinajstić information content (AvgIpc) is 3.33. The van der Waals surface area contributed by atoms with Crippen LogP contribution in [0.25, 0.3) is 5.57 Å². The summed E-state index contributed by atoms with van der Waals surface area (Å²) in [6.07, 6.45) is 11.2. The normalized spacial score (nSPS) is 19.1. The van der Waals surface area contributed by atoms with E-state index in [9.17, 15) is 9.90 Å². The first-order valence-corrected chi connectivity index (χ1v) is 13.2. The van der Waals surface area contributed by atoms with Crippen molar-refractivity contribution in [2.75, 3.05) is 38.2 Å². The number of aromatic nitrogens is 1. The molecule has 2 N–H and O–H groups in total. The van der Waals surface area contributed by atoms with Crippen LogP contribution in [0.5, 0.6) is 5.75 Å². The highest BCUT2D eigenvalue weighted by Gasteiger charge is 2.18. The number of aliphatic hydroxyl groups excluding tert-OH is 1. The van der Waals surface area contributed by atoms with Crippen LogP contribution >= 0.6 is 11.3 Å². The van der Waals surface area contributed by atoms with E-state index in [-0.39, 0.29) is 12.3 Å². The molecule has 1 atom stereocenters. The molecule has 4 rings (SSSR count). The molecule has 1 amide bonds. The van der Waals surface area contributed by atoms with E-state index in [1.54, 1.807) is 0 Å². The molecule has 0 radical (unpaired) electrons. The highest BCUT2D eigenvalue weighted by molar-refractivity contribution is 7.14.